The van der Waals surface area contributed by atoms with Crippen LogP contribution in [0, 0.1) is 0 Å². The van der Waals surface area contributed by atoms with Crippen LogP contribution in [0.4, 0.5) is 13.2 Å². The maximum atomic E-state index is 12.3. The number of quaternary nitrogens is 1. The van der Waals surface area contributed by atoms with Crippen LogP contribution in [0.3, 0.4) is 0 Å². The molecule has 0 heterocycles. The summed E-state index contributed by atoms with van der Waals surface area (Å²) in [6.45, 7) is 3.44. The average molecular weight is 262 g/mol. The normalized spacial score (nSPS) is 14.6. The van der Waals surface area contributed by atoms with Crippen LogP contribution < -0.4 is 0 Å². The molecular formula is C10H21ClF3N2+. The summed E-state index contributed by atoms with van der Waals surface area (Å²) in [5, 5.41) is 0. The first-order valence-corrected chi connectivity index (χ1v) is 5.48. The molecule has 0 aromatic rings. The minimum absolute atomic E-state index is 0.0718. The molecule has 98 valence electrons. The van der Waals surface area contributed by atoms with Crippen molar-refractivity contribution in [2.45, 2.75) is 32.0 Å². The molecule has 6 heteroatoms. The lowest BCUT2D eigenvalue weighted by molar-refractivity contribution is -0.901. The first-order chi connectivity index (χ1) is 6.86. The Bertz CT molecular complexity index is 225. The summed E-state index contributed by atoms with van der Waals surface area (Å²) in [6, 6.07) is 0. The molecule has 0 aromatic carbocycles. The fraction of sp³-hybridized carbons (Fsp3) is 1.00. The number of halogens is 4. The Morgan fingerprint density at radius 1 is 1.19 bits per heavy atom. The molecule has 0 aliphatic heterocycles. The van der Waals surface area contributed by atoms with Crippen LogP contribution in [0.2, 0.25) is 0 Å². The van der Waals surface area contributed by atoms with Gasteiger partial charge in [-0.25, -0.2) is 4.42 Å². The summed E-state index contributed by atoms with van der Waals surface area (Å²) in [4.78, 5) is 0. The number of hydrogen-bond acceptors (Lipinski definition) is 1. The lowest BCUT2D eigenvalue weighted by Crippen LogP contribution is -2.50. The van der Waals surface area contributed by atoms with Crippen molar-refractivity contribution in [2.24, 2.45) is 0 Å². The molecule has 0 fully saturated rings. The Balaban J connectivity index is 4.29. The Hall–Kier alpha value is -0.0000000000000000555. The molecule has 0 rings (SSSR count). The van der Waals surface area contributed by atoms with E-state index in [1.807, 2.05) is 13.8 Å². The molecule has 0 spiro atoms. The van der Waals surface area contributed by atoms with E-state index in [1.54, 1.807) is 21.1 Å². The van der Waals surface area contributed by atoms with E-state index < -0.39 is 12.7 Å². The third-order valence-corrected chi connectivity index (χ3v) is 3.23. The van der Waals surface area contributed by atoms with Gasteiger partial charge in [-0.2, -0.15) is 13.2 Å². The van der Waals surface area contributed by atoms with Gasteiger partial charge in [0.05, 0.1) is 20.6 Å². The monoisotopic (exact) mass is 261 g/mol. The van der Waals surface area contributed by atoms with Gasteiger partial charge in [0, 0.05) is 19.0 Å². The van der Waals surface area contributed by atoms with Gasteiger partial charge in [0.2, 0.25) is 0 Å². The molecule has 0 atom stereocenters. The van der Waals surface area contributed by atoms with Crippen molar-refractivity contribution in [1.29, 1.82) is 0 Å². The van der Waals surface area contributed by atoms with Gasteiger partial charge in [-0.15, -0.1) is 0 Å². The van der Waals surface area contributed by atoms with E-state index in [1.165, 1.54) is 4.42 Å². The summed E-state index contributed by atoms with van der Waals surface area (Å²) in [5.74, 6) is 0. The largest absolute Gasteiger partial charge is 0.438 e. The van der Waals surface area contributed by atoms with E-state index in [0.717, 1.165) is 0 Å². The van der Waals surface area contributed by atoms with E-state index in [0.29, 0.717) is 13.0 Å². The molecule has 16 heavy (non-hydrogen) atoms. The zero-order chi connectivity index (χ0) is 13.2. The van der Waals surface area contributed by atoms with Crippen LogP contribution >= 0.6 is 11.8 Å². The standard InChI is InChI=1S/C10H21ClF3N2/c1-9(2,15(3)11)6-7-16(4,5)8-10(12,13)14/h6-8H2,1-5H3/q+1. The average Bonchev–Trinajstić information content (AvgIpc) is 1.96. The van der Waals surface area contributed by atoms with Gasteiger partial charge >= 0.3 is 6.18 Å². The molecule has 0 saturated heterocycles. The van der Waals surface area contributed by atoms with Gasteiger partial charge in [-0.1, -0.05) is 0 Å². The summed E-state index contributed by atoms with van der Waals surface area (Å²) in [6.07, 6.45) is -3.52. The molecular weight excluding hydrogens is 241 g/mol. The Morgan fingerprint density at radius 2 is 1.62 bits per heavy atom. The number of alkyl halides is 3. The first kappa shape index (κ1) is 16.0. The molecule has 0 bridgehead atoms. The fourth-order valence-corrected chi connectivity index (χ4v) is 1.38. The molecule has 0 radical (unpaired) electrons. The van der Waals surface area contributed by atoms with E-state index in [2.05, 4.69) is 0 Å². The highest BCUT2D eigenvalue weighted by atomic mass is 35.5. The van der Waals surface area contributed by atoms with E-state index in [4.69, 9.17) is 11.8 Å². The van der Waals surface area contributed by atoms with Gasteiger partial charge in [-0.3, -0.25) is 0 Å². The minimum Gasteiger partial charge on any atom is -0.321 e. The highest BCUT2D eigenvalue weighted by molar-refractivity contribution is 6.13. The lowest BCUT2D eigenvalue weighted by atomic mass is 10.0. The smallest absolute Gasteiger partial charge is 0.321 e. The van der Waals surface area contributed by atoms with Gasteiger partial charge < -0.3 is 4.48 Å². The second-order valence-corrected chi connectivity index (χ2v) is 5.98. The van der Waals surface area contributed by atoms with Crippen LogP contribution in [0.5, 0.6) is 0 Å². The highest BCUT2D eigenvalue weighted by Crippen LogP contribution is 2.23. The quantitative estimate of drug-likeness (QED) is 0.543. The maximum absolute atomic E-state index is 12.3. The van der Waals surface area contributed by atoms with E-state index in [-0.39, 0.29) is 10.0 Å². The van der Waals surface area contributed by atoms with Crippen molar-refractivity contribution in [2.75, 3.05) is 34.2 Å². The number of rotatable bonds is 5. The van der Waals surface area contributed by atoms with Crippen molar-refractivity contribution < 1.29 is 17.7 Å². The number of hydrogen-bond donors (Lipinski definition) is 0. The minimum atomic E-state index is -4.12. The first-order valence-electron chi connectivity index (χ1n) is 5.14. The Morgan fingerprint density at radius 3 is 1.94 bits per heavy atom. The molecule has 0 aliphatic carbocycles. The van der Waals surface area contributed by atoms with E-state index >= 15 is 0 Å². The third-order valence-electron chi connectivity index (χ3n) is 2.77. The Labute approximate surface area is 101 Å². The van der Waals surface area contributed by atoms with Crippen molar-refractivity contribution >= 4 is 11.8 Å². The summed E-state index contributed by atoms with van der Waals surface area (Å²) in [7, 11) is 4.88. The van der Waals surface area contributed by atoms with Crippen LogP contribution in [-0.4, -0.2) is 54.8 Å². The van der Waals surface area contributed by atoms with Crippen molar-refractivity contribution in [3.63, 3.8) is 0 Å². The second kappa shape index (κ2) is 5.10. The lowest BCUT2D eigenvalue weighted by Gasteiger charge is -2.36. The van der Waals surface area contributed by atoms with Crippen LogP contribution in [-0.2, 0) is 0 Å². The van der Waals surface area contributed by atoms with E-state index in [9.17, 15) is 13.2 Å². The second-order valence-electron chi connectivity index (χ2n) is 5.47. The molecule has 0 aromatic heterocycles. The molecule has 0 N–H and O–H groups in total. The zero-order valence-electron chi connectivity index (χ0n) is 10.5. The van der Waals surface area contributed by atoms with Gasteiger partial charge in [0.1, 0.15) is 0 Å². The fourth-order valence-electron chi connectivity index (χ4n) is 1.29. The predicted molar refractivity (Wildman–Crippen MR) is 60.2 cm³/mol. The highest BCUT2D eigenvalue weighted by Gasteiger charge is 2.38. The molecule has 0 aliphatic rings. The summed E-state index contributed by atoms with van der Waals surface area (Å²) >= 11 is 5.84. The zero-order valence-corrected chi connectivity index (χ0v) is 11.3. The third kappa shape index (κ3) is 6.55. The maximum Gasteiger partial charge on any atom is 0.438 e. The van der Waals surface area contributed by atoms with Crippen LogP contribution in [0.1, 0.15) is 20.3 Å². The van der Waals surface area contributed by atoms with Crippen LogP contribution in [0.25, 0.3) is 0 Å². The molecule has 2 nitrogen and oxygen atoms in total. The predicted octanol–water partition coefficient (Wildman–Crippen LogP) is 2.88. The van der Waals surface area contributed by atoms with Gasteiger partial charge in [0.15, 0.2) is 6.54 Å². The van der Waals surface area contributed by atoms with Crippen LogP contribution in [0.15, 0.2) is 0 Å². The Kier molecular flexibility index (Phi) is 5.10. The van der Waals surface area contributed by atoms with Crippen molar-refractivity contribution in [3.8, 4) is 0 Å². The van der Waals surface area contributed by atoms with Gasteiger partial charge in [-0.05, 0) is 25.6 Å². The summed E-state index contributed by atoms with van der Waals surface area (Å²) < 4.78 is 38.3. The summed E-state index contributed by atoms with van der Waals surface area (Å²) in [5.41, 5.74) is -0.303. The number of nitrogens with zero attached hydrogens (tertiary/aromatic N) is 2. The van der Waals surface area contributed by atoms with Crippen molar-refractivity contribution in [3.05, 3.63) is 0 Å². The molecule has 0 saturated carbocycles. The molecule has 0 amide bonds. The topological polar surface area (TPSA) is 3.24 Å². The van der Waals surface area contributed by atoms with Crippen molar-refractivity contribution in [1.82, 2.24) is 4.42 Å². The SMILES string of the molecule is CN(Cl)C(C)(C)CC[N+](C)(C)CC(F)(F)F. The molecule has 0 unspecified atom stereocenters. The van der Waals surface area contributed by atoms with Gasteiger partial charge in [0.25, 0.3) is 0 Å².